The van der Waals surface area contributed by atoms with Gasteiger partial charge < -0.3 is 15.7 Å². The number of amides is 2. The average molecular weight is 304 g/mol. The van der Waals surface area contributed by atoms with Crippen LogP contribution in [0, 0.1) is 5.92 Å². The standard InChI is InChI=1S/C14H28N2O3S/c1-4-5-12(6-7-13(17)18)8-9-15-14(19)16-11(2)10-20-3/h11-12H,4-10H2,1-3H3,(H,17,18)(H2,15,16,19). The molecule has 0 aromatic heterocycles. The number of urea groups is 1. The summed E-state index contributed by atoms with van der Waals surface area (Å²) in [4.78, 5) is 22.2. The van der Waals surface area contributed by atoms with Crippen molar-refractivity contribution in [2.75, 3.05) is 18.6 Å². The smallest absolute Gasteiger partial charge is 0.315 e. The van der Waals surface area contributed by atoms with Gasteiger partial charge in [0, 0.05) is 24.8 Å². The number of carboxylic acid groups (broad SMARTS) is 1. The molecule has 0 spiro atoms. The molecule has 20 heavy (non-hydrogen) atoms. The number of hydrogen-bond donors (Lipinski definition) is 3. The van der Waals surface area contributed by atoms with E-state index in [1.54, 1.807) is 11.8 Å². The van der Waals surface area contributed by atoms with Gasteiger partial charge in [-0.15, -0.1) is 0 Å². The molecular weight excluding hydrogens is 276 g/mol. The van der Waals surface area contributed by atoms with E-state index in [4.69, 9.17) is 5.11 Å². The first-order valence-corrected chi connectivity index (χ1v) is 8.64. The summed E-state index contributed by atoms with van der Waals surface area (Å²) < 4.78 is 0. The highest BCUT2D eigenvalue weighted by Crippen LogP contribution is 2.17. The average Bonchev–Trinajstić information content (AvgIpc) is 2.35. The number of rotatable bonds is 11. The van der Waals surface area contributed by atoms with Gasteiger partial charge in [0.1, 0.15) is 0 Å². The van der Waals surface area contributed by atoms with Crippen molar-refractivity contribution in [2.24, 2.45) is 5.92 Å². The lowest BCUT2D eigenvalue weighted by atomic mass is 9.94. The Morgan fingerprint density at radius 2 is 1.95 bits per heavy atom. The van der Waals surface area contributed by atoms with Crippen molar-refractivity contribution in [3.05, 3.63) is 0 Å². The molecule has 0 saturated heterocycles. The fourth-order valence-corrected chi connectivity index (χ4v) is 2.71. The number of carbonyl (C=O) groups excluding carboxylic acids is 1. The molecule has 0 rings (SSSR count). The van der Waals surface area contributed by atoms with Crippen molar-refractivity contribution in [3.8, 4) is 0 Å². The van der Waals surface area contributed by atoms with E-state index in [0.29, 0.717) is 18.9 Å². The molecule has 0 aromatic rings. The largest absolute Gasteiger partial charge is 0.481 e. The van der Waals surface area contributed by atoms with Gasteiger partial charge in [-0.2, -0.15) is 11.8 Å². The van der Waals surface area contributed by atoms with Crippen molar-refractivity contribution >= 4 is 23.8 Å². The SMILES string of the molecule is CCCC(CCNC(=O)NC(C)CSC)CCC(=O)O. The van der Waals surface area contributed by atoms with Gasteiger partial charge >= 0.3 is 12.0 Å². The van der Waals surface area contributed by atoms with E-state index in [1.165, 1.54) is 0 Å². The molecule has 0 aromatic carbocycles. The molecule has 5 nitrogen and oxygen atoms in total. The molecule has 0 fully saturated rings. The highest BCUT2D eigenvalue weighted by molar-refractivity contribution is 7.98. The Kier molecular flexibility index (Phi) is 11.3. The zero-order valence-electron chi connectivity index (χ0n) is 12.8. The molecule has 2 unspecified atom stereocenters. The summed E-state index contributed by atoms with van der Waals surface area (Å²) in [6.07, 6.45) is 5.80. The molecule has 0 bridgehead atoms. The van der Waals surface area contributed by atoms with Gasteiger partial charge in [0.05, 0.1) is 0 Å². The van der Waals surface area contributed by atoms with Crippen LogP contribution < -0.4 is 10.6 Å². The second kappa shape index (κ2) is 11.9. The van der Waals surface area contributed by atoms with Crippen LogP contribution in [0.5, 0.6) is 0 Å². The van der Waals surface area contributed by atoms with Gasteiger partial charge in [-0.1, -0.05) is 19.8 Å². The highest BCUT2D eigenvalue weighted by atomic mass is 32.2. The molecule has 0 aliphatic heterocycles. The second-order valence-electron chi connectivity index (χ2n) is 5.13. The number of carboxylic acids is 1. The van der Waals surface area contributed by atoms with Crippen LogP contribution in [0.3, 0.4) is 0 Å². The molecule has 0 aliphatic carbocycles. The van der Waals surface area contributed by atoms with Gasteiger partial charge in [0.2, 0.25) is 0 Å². The van der Waals surface area contributed by atoms with E-state index < -0.39 is 5.97 Å². The van der Waals surface area contributed by atoms with Crippen molar-refractivity contribution < 1.29 is 14.7 Å². The highest BCUT2D eigenvalue weighted by Gasteiger charge is 2.11. The normalized spacial score (nSPS) is 13.6. The van der Waals surface area contributed by atoms with Crippen LogP contribution in [0.4, 0.5) is 4.79 Å². The molecule has 0 radical (unpaired) electrons. The summed E-state index contributed by atoms with van der Waals surface area (Å²) in [6, 6.07) is 0.0171. The Labute approximate surface area is 126 Å². The fraction of sp³-hybridized carbons (Fsp3) is 0.857. The first-order valence-electron chi connectivity index (χ1n) is 7.24. The van der Waals surface area contributed by atoms with Crippen molar-refractivity contribution in [1.29, 1.82) is 0 Å². The van der Waals surface area contributed by atoms with Crippen molar-refractivity contribution in [2.45, 2.75) is 52.0 Å². The Morgan fingerprint density at radius 1 is 1.25 bits per heavy atom. The summed E-state index contributed by atoms with van der Waals surface area (Å²) in [6.45, 7) is 4.67. The Balaban J connectivity index is 3.85. The van der Waals surface area contributed by atoms with Crippen LogP contribution in [0.2, 0.25) is 0 Å². The first kappa shape index (κ1) is 19.1. The number of thioether (sulfide) groups is 1. The summed E-state index contributed by atoms with van der Waals surface area (Å²) in [5, 5.41) is 14.4. The molecule has 0 saturated carbocycles. The van der Waals surface area contributed by atoms with Gasteiger partial charge in [-0.25, -0.2) is 4.79 Å². The minimum Gasteiger partial charge on any atom is -0.481 e. The molecule has 6 heteroatoms. The van der Waals surface area contributed by atoms with Crippen LogP contribution in [0.25, 0.3) is 0 Å². The minimum atomic E-state index is -0.748. The van der Waals surface area contributed by atoms with E-state index in [2.05, 4.69) is 17.6 Å². The Bertz CT molecular complexity index is 288. The van der Waals surface area contributed by atoms with Crippen LogP contribution in [0.15, 0.2) is 0 Å². The molecule has 0 aliphatic rings. The third kappa shape index (κ3) is 11.0. The minimum absolute atomic E-state index is 0.139. The lowest BCUT2D eigenvalue weighted by molar-refractivity contribution is -0.137. The van der Waals surface area contributed by atoms with Crippen LogP contribution in [0.1, 0.15) is 46.0 Å². The predicted molar refractivity (Wildman–Crippen MR) is 84.3 cm³/mol. The maximum Gasteiger partial charge on any atom is 0.315 e. The molecule has 118 valence electrons. The Hall–Kier alpha value is -0.910. The van der Waals surface area contributed by atoms with E-state index >= 15 is 0 Å². The number of hydrogen-bond acceptors (Lipinski definition) is 3. The summed E-state index contributed by atoms with van der Waals surface area (Å²) >= 11 is 1.70. The van der Waals surface area contributed by atoms with Crippen molar-refractivity contribution in [1.82, 2.24) is 10.6 Å². The molecule has 2 amide bonds. The van der Waals surface area contributed by atoms with Crippen LogP contribution in [-0.2, 0) is 4.79 Å². The monoisotopic (exact) mass is 304 g/mol. The van der Waals surface area contributed by atoms with Crippen LogP contribution in [-0.4, -0.2) is 41.7 Å². The van der Waals surface area contributed by atoms with Gasteiger partial charge in [0.25, 0.3) is 0 Å². The van der Waals surface area contributed by atoms with Gasteiger partial charge in [-0.05, 0) is 31.9 Å². The fourth-order valence-electron chi connectivity index (χ4n) is 2.13. The van der Waals surface area contributed by atoms with E-state index in [-0.39, 0.29) is 18.5 Å². The molecule has 3 N–H and O–H groups in total. The third-order valence-corrected chi connectivity index (χ3v) is 3.93. The van der Waals surface area contributed by atoms with Gasteiger partial charge in [-0.3, -0.25) is 4.79 Å². The maximum absolute atomic E-state index is 11.6. The summed E-state index contributed by atoms with van der Waals surface area (Å²) in [5.74, 6) is 0.521. The summed E-state index contributed by atoms with van der Waals surface area (Å²) in [5.41, 5.74) is 0. The summed E-state index contributed by atoms with van der Waals surface area (Å²) in [7, 11) is 0. The zero-order chi connectivity index (χ0) is 15.4. The second-order valence-corrected chi connectivity index (χ2v) is 6.04. The van der Waals surface area contributed by atoms with E-state index in [9.17, 15) is 9.59 Å². The molecule has 0 heterocycles. The van der Waals surface area contributed by atoms with Crippen molar-refractivity contribution in [3.63, 3.8) is 0 Å². The van der Waals surface area contributed by atoms with Gasteiger partial charge in [0.15, 0.2) is 0 Å². The zero-order valence-corrected chi connectivity index (χ0v) is 13.6. The Morgan fingerprint density at radius 3 is 2.50 bits per heavy atom. The maximum atomic E-state index is 11.6. The lowest BCUT2D eigenvalue weighted by Crippen LogP contribution is -2.42. The number of nitrogens with one attached hydrogen (secondary N) is 2. The molecular formula is C14H28N2O3S. The quantitative estimate of drug-likeness (QED) is 0.548. The van der Waals surface area contributed by atoms with E-state index in [1.807, 2.05) is 13.2 Å². The first-order chi connectivity index (χ1) is 9.49. The predicted octanol–water partition coefficient (Wildman–Crippen LogP) is 2.71. The number of aliphatic carboxylic acids is 1. The molecule has 2 atom stereocenters. The third-order valence-electron chi connectivity index (χ3n) is 3.10. The number of carbonyl (C=O) groups is 2. The topological polar surface area (TPSA) is 78.4 Å². The van der Waals surface area contributed by atoms with E-state index in [0.717, 1.165) is 25.0 Å². The van der Waals surface area contributed by atoms with Crippen LogP contribution >= 0.6 is 11.8 Å². The lowest BCUT2D eigenvalue weighted by Gasteiger charge is -2.17.